The van der Waals surface area contributed by atoms with E-state index in [1.807, 2.05) is 0 Å². The minimum Gasteiger partial charge on any atom is -0.373 e. The lowest BCUT2D eigenvalue weighted by atomic mass is 10.4. The molecule has 0 saturated heterocycles. The van der Waals surface area contributed by atoms with E-state index < -0.39 is 0 Å². The predicted octanol–water partition coefficient (Wildman–Crippen LogP) is 0.232. The molecule has 0 aliphatic carbocycles. The molecular weight excluding hydrogens is 168 g/mol. The molecule has 1 aromatic rings. The molecule has 3 N–H and O–H groups in total. The summed E-state index contributed by atoms with van der Waals surface area (Å²) in [7, 11) is 0. The maximum absolute atomic E-state index is 5.37. The van der Waals surface area contributed by atoms with Crippen molar-refractivity contribution in [2.24, 2.45) is 5.73 Å². The lowest BCUT2D eigenvalue weighted by Gasteiger charge is -1.96. The Morgan fingerprint density at radius 2 is 2.38 bits per heavy atom. The highest BCUT2D eigenvalue weighted by Crippen LogP contribution is 1.95. The lowest BCUT2D eigenvalue weighted by molar-refractivity contribution is 0.116. The Balaban J connectivity index is 2.31. The Hall–Kier alpha value is -0.940. The highest BCUT2D eigenvalue weighted by Gasteiger charge is 2.01. The van der Waals surface area contributed by atoms with E-state index in [4.69, 9.17) is 10.5 Å². The van der Waals surface area contributed by atoms with Crippen molar-refractivity contribution in [1.82, 2.24) is 15.2 Å². The Bertz CT molecular complexity index is 236. The summed E-state index contributed by atoms with van der Waals surface area (Å²) in [5, 5.41) is 6.80. The monoisotopic (exact) mass is 184 g/mol. The van der Waals surface area contributed by atoms with E-state index in [0.29, 0.717) is 19.6 Å². The Kier molecular flexibility index (Phi) is 4.42. The molecule has 0 radical (unpaired) electrons. The number of aromatic nitrogens is 3. The Morgan fingerprint density at radius 1 is 1.54 bits per heavy atom. The standard InChI is InChI=1S/C8H16N4O/c1-2-5-13-6-8-10-7(3-4-9)11-12-8/h2-6,9H2,1H3,(H,10,11,12). The summed E-state index contributed by atoms with van der Waals surface area (Å²) in [6, 6.07) is 0. The average molecular weight is 184 g/mol. The summed E-state index contributed by atoms with van der Waals surface area (Å²) in [6.07, 6.45) is 1.73. The molecular formula is C8H16N4O. The van der Waals surface area contributed by atoms with Crippen molar-refractivity contribution < 1.29 is 4.74 Å². The van der Waals surface area contributed by atoms with Gasteiger partial charge in [-0.1, -0.05) is 6.92 Å². The van der Waals surface area contributed by atoms with Crippen LogP contribution in [-0.2, 0) is 17.8 Å². The summed E-state index contributed by atoms with van der Waals surface area (Å²) in [5.74, 6) is 1.54. The molecule has 0 amide bonds. The van der Waals surface area contributed by atoms with Crippen LogP contribution in [0.4, 0.5) is 0 Å². The quantitative estimate of drug-likeness (QED) is 0.620. The summed E-state index contributed by atoms with van der Waals surface area (Å²) < 4.78 is 5.30. The highest BCUT2D eigenvalue weighted by molar-refractivity contribution is 4.89. The van der Waals surface area contributed by atoms with Crippen LogP contribution in [0, 0.1) is 0 Å². The van der Waals surface area contributed by atoms with Gasteiger partial charge >= 0.3 is 0 Å². The van der Waals surface area contributed by atoms with Crippen molar-refractivity contribution in [1.29, 1.82) is 0 Å². The molecule has 74 valence electrons. The van der Waals surface area contributed by atoms with Gasteiger partial charge < -0.3 is 10.5 Å². The molecule has 1 rings (SSSR count). The van der Waals surface area contributed by atoms with Gasteiger partial charge in [-0.2, -0.15) is 5.10 Å². The van der Waals surface area contributed by atoms with Crippen molar-refractivity contribution in [2.45, 2.75) is 26.4 Å². The molecule has 0 spiro atoms. The van der Waals surface area contributed by atoms with Gasteiger partial charge in [-0.05, 0) is 13.0 Å². The van der Waals surface area contributed by atoms with Gasteiger partial charge in [0, 0.05) is 13.0 Å². The smallest absolute Gasteiger partial charge is 0.152 e. The van der Waals surface area contributed by atoms with Gasteiger partial charge in [0.25, 0.3) is 0 Å². The first-order valence-corrected chi connectivity index (χ1v) is 4.54. The Labute approximate surface area is 77.7 Å². The topological polar surface area (TPSA) is 76.8 Å². The SMILES string of the molecule is CCCOCc1nc(CCN)n[nH]1. The largest absolute Gasteiger partial charge is 0.373 e. The molecule has 1 aromatic heterocycles. The maximum atomic E-state index is 5.37. The number of H-pyrrole nitrogens is 1. The highest BCUT2D eigenvalue weighted by atomic mass is 16.5. The summed E-state index contributed by atoms with van der Waals surface area (Å²) in [5.41, 5.74) is 5.37. The number of rotatable bonds is 6. The molecule has 13 heavy (non-hydrogen) atoms. The van der Waals surface area contributed by atoms with Crippen molar-refractivity contribution in [3.63, 3.8) is 0 Å². The fourth-order valence-electron chi connectivity index (χ4n) is 0.953. The Morgan fingerprint density at radius 3 is 3.08 bits per heavy atom. The lowest BCUT2D eigenvalue weighted by Crippen LogP contribution is -2.04. The molecule has 5 nitrogen and oxygen atoms in total. The van der Waals surface area contributed by atoms with Gasteiger partial charge in [-0.15, -0.1) is 0 Å². The third kappa shape index (κ3) is 3.52. The second-order valence-corrected chi connectivity index (χ2v) is 2.79. The molecule has 0 aromatic carbocycles. The van der Waals surface area contributed by atoms with E-state index in [1.165, 1.54) is 0 Å². The summed E-state index contributed by atoms with van der Waals surface area (Å²) in [4.78, 5) is 4.20. The van der Waals surface area contributed by atoms with Gasteiger partial charge in [-0.25, -0.2) is 4.98 Å². The van der Waals surface area contributed by atoms with Crippen LogP contribution < -0.4 is 5.73 Å². The van der Waals surface area contributed by atoms with Gasteiger partial charge in [-0.3, -0.25) is 5.10 Å². The van der Waals surface area contributed by atoms with Crippen molar-refractivity contribution in [3.05, 3.63) is 11.6 Å². The first kappa shape index (κ1) is 10.1. The molecule has 0 fully saturated rings. The number of nitrogens with two attached hydrogens (primary N) is 1. The first-order valence-electron chi connectivity index (χ1n) is 4.54. The zero-order valence-corrected chi connectivity index (χ0v) is 7.92. The zero-order valence-electron chi connectivity index (χ0n) is 7.92. The van der Waals surface area contributed by atoms with E-state index in [2.05, 4.69) is 22.1 Å². The minimum absolute atomic E-state index is 0.505. The molecule has 0 aliphatic rings. The number of ether oxygens (including phenoxy) is 1. The molecule has 0 unspecified atom stereocenters. The molecule has 0 saturated carbocycles. The van der Waals surface area contributed by atoms with Crippen LogP contribution in [0.25, 0.3) is 0 Å². The third-order valence-electron chi connectivity index (χ3n) is 1.53. The molecule has 0 atom stereocenters. The first-order chi connectivity index (χ1) is 6.36. The number of hydrogen-bond acceptors (Lipinski definition) is 4. The van der Waals surface area contributed by atoms with Gasteiger partial charge in [0.15, 0.2) is 11.6 Å². The van der Waals surface area contributed by atoms with Crippen molar-refractivity contribution in [3.8, 4) is 0 Å². The van der Waals surface area contributed by atoms with Crippen LogP contribution in [0.1, 0.15) is 25.0 Å². The number of nitrogens with one attached hydrogen (secondary N) is 1. The fraction of sp³-hybridized carbons (Fsp3) is 0.750. The van der Waals surface area contributed by atoms with Gasteiger partial charge in [0.2, 0.25) is 0 Å². The van der Waals surface area contributed by atoms with E-state index in [1.54, 1.807) is 0 Å². The molecule has 5 heteroatoms. The van der Waals surface area contributed by atoms with E-state index in [-0.39, 0.29) is 0 Å². The third-order valence-corrected chi connectivity index (χ3v) is 1.53. The van der Waals surface area contributed by atoms with Crippen LogP contribution in [0.15, 0.2) is 0 Å². The molecule has 0 bridgehead atoms. The number of aromatic amines is 1. The molecule has 0 aliphatic heterocycles. The number of nitrogens with zero attached hydrogens (tertiary/aromatic N) is 2. The maximum Gasteiger partial charge on any atom is 0.152 e. The van der Waals surface area contributed by atoms with Crippen LogP contribution in [0.5, 0.6) is 0 Å². The second kappa shape index (κ2) is 5.66. The fourth-order valence-corrected chi connectivity index (χ4v) is 0.953. The summed E-state index contributed by atoms with van der Waals surface area (Å²) >= 11 is 0. The zero-order chi connectivity index (χ0) is 9.52. The average Bonchev–Trinajstić information content (AvgIpc) is 2.54. The van der Waals surface area contributed by atoms with Crippen LogP contribution in [0.2, 0.25) is 0 Å². The van der Waals surface area contributed by atoms with E-state index in [0.717, 1.165) is 24.7 Å². The summed E-state index contributed by atoms with van der Waals surface area (Å²) in [6.45, 7) is 3.91. The normalized spacial score (nSPS) is 10.6. The van der Waals surface area contributed by atoms with Crippen LogP contribution in [-0.4, -0.2) is 28.3 Å². The van der Waals surface area contributed by atoms with Crippen molar-refractivity contribution in [2.75, 3.05) is 13.2 Å². The van der Waals surface area contributed by atoms with Gasteiger partial charge in [0.1, 0.15) is 6.61 Å². The predicted molar refractivity (Wildman–Crippen MR) is 49.1 cm³/mol. The second-order valence-electron chi connectivity index (χ2n) is 2.79. The van der Waals surface area contributed by atoms with Crippen molar-refractivity contribution >= 4 is 0 Å². The van der Waals surface area contributed by atoms with E-state index in [9.17, 15) is 0 Å². The van der Waals surface area contributed by atoms with Crippen LogP contribution in [0.3, 0.4) is 0 Å². The van der Waals surface area contributed by atoms with E-state index >= 15 is 0 Å². The van der Waals surface area contributed by atoms with Gasteiger partial charge in [0.05, 0.1) is 0 Å². The van der Waals surface area contributed by atoms with Crippen LogP contribution >= 0.6 is 0 Å². The minimum atomic E-state index is 0.505. The number of hydrogen-bond donors (Lipinski definition) is 2. The molecule has 1 heterocycles.